The number of anilines is 1. The second-order valence-electron chi connectivity index (χ2n) is 8.42. The minimum atomic E-state index is -0.0764. The first-order chi connectivity index (χ1) is 16.1. The molecule has 0 bridgehead atoms. The van der Waals surface area contributed by atoms with Crippen molar-refractivity contribution in [3.63, 3.8) is 0 Å². The Morgan fingerprint density at radius 2 is 1.70 bits per heavy atom. The van der Waals surface area contributed by atoms with E-state index in [1.807, 2.05) is 59.5 Å². The smallest absolute Gasteiger partial charge is 0.321 e. The number of carbonyl (C=O) groups is 1. The molecule has 1 heterocycles. The molecule has 1 fully saturated rings. The monoisotopic (exact) mass is 463 g/mol. The van der Waals surface area contributed by atoms with Gasteiger partial charge in [-0.3, -0.25) is 4.90 Å². The van der Waals surface area contributed by atoms with E-state index in [0.717, 1.165) is 36.4 Å². The SMILES string of the molecule is Cc1cccc(CO[C@@H](CN2CCN(C(=O)Nc3ccccc3)CC2)c2ccc(Cl)cc2)c1. The normalized spacial score (nSPS) is 15.3. The van der Waals surface area contributed by atoms with E-state index in [4.69, 9.17) is 16.3 Å². The average Bonchev–Trinajstić information content (AvgIpc) is 2.83. The van der Waals surface area contributed by atoms with Gasteiger partial charge in [0.25, 0.3) is 0 Å². The van der Waals surface area contributed by atoms with Gasteiger partial charge in [-0.2, -0.15) is 0 Å². The molecule has 0 saturated carbocycles. The number of benzene rings is 3. The van der Waals surface area contributed by atoms with E-state index in [1.54, 1.807) is 0 Å². The lowest BCUT2D eigenvalue weighted by molar-refractivity contribution is 0.00592. The van der Waals surface area contributed by atoms with E-state index in [1.165, 1.54) is 5.56 Å². The molecule has 33 heavy (non-hydrogen) atoms. The average molecular weight is 464 g/mol. The van der Waals surface area contributed by atoms with Crippen molar-refractivity contribution in [2.75, 3.05) is 38.0 Å². The second-order valence-corrected chi connectivity index (χ2v) is 8.86. The number of carbonyl (C=O) groups excluding carboxylic acids is 1. The fraction of sp³-hybridized carbons (Fsp3) is 0.296. The quantitative estimate of drug-likeness (QED) is 0.484. The number of piperazine rings is 1. The van der Waals surface area contributed by atoms with Gasteiger partial charge < -0.3 is 15.0 Å². The molecular weight excluding hydrogens is 434 g/mol. The first kappa shape index (κ1) is 23.3. The van der Waals surface area contributed by atoms with Crippen LogP contribution in [-0.2, 0) is 11.3 Å². The van der Waals surface area contributed by atoms with Gasteiger partial charge in [0.05, 0.1) is 12.7 Å². The van der Waals surface area contributed by atoms with Crippen LogP contribution in [0, 0.1) is 6.92 Å². The molecule has 1 aliphatic rings. The van der Waals surface area contributed by atoms with Gasteiger partial charge in [0.15, 0.2) is 0 Å². The summed E-state index contributed by atoms with van der Waals surface area (Å²) in [7, 11) is 0. The Morgan fingerprint density at radius 1 is 0.970 bits per heavy atom. The number of ether oxygens (including phenoxy) is 1. The molecular formula is C27H30ClN3O2. The Kier molecular flexibility index (Phi) is 8.00. The van der Waals surface area contributed by atoms with Crippen LogP contribution in [0.2, 0.25) is 5.02 Å². The van der Waals surface area contributed by atoms with Gasteiger partial charge in [0.2, 0.25) is 0 Å². The molecule has 0 aromatic heterocycles. The number of amides is 2. The van der Waals surface area contributed by atoms with Crippen LogP contribution in [0.15, 0.2) is 78.9 Å². The number of para-hydroxylation sites is 1. The van der Waals surface area contributed by atoms with Crippen molar-refractivity contribution < 1.29 is 9.53 Å². The summed E-state index contributed by atoms with van der Waals surface area (Å²) in [5, 5.41) is 3.69. The van der Waals surface area contributed by atoms with Crippen LogP contribution in [0.3, 0.4) is 0 Å². The van der Waals surface area contributed by atoms with E-state index in [0.29, 0.717) is 24.7 Å². The van der Waals surface area contributed by atoms with Crippen molar-refractivity contribution in [2.24, 2.45) is 0 Å². The van der Waals surface area contributed by atoms with Crippen LogP contribution in [0.25, 0.3) is 0 Å². The first-order valence-electron chi connectivity index (χ1n) is 11.3. The lowest BCUT2D eigenvalue weighted by Crippen LogP contribution is -2.50. The molecule has 1 aliphatic heterocycles. The summed E-state index contributed by atoms with van der Waals surface area (Å²) < 4.78 is 6.39. The number of rotatable bonds is 7. The Morgan fingerprint density at radius 3 is 2.39 bits per heavy atom. The van der Waals surface area contributed by atoms with E-state index in [9.17, 15) is 4.79 Å². The van der Waals surface area contributed by atoms with Crippen LogP contribution in [0.1, 0.15) is 22.8 Å². The summed E-state index contributed by atoms with van der Waals surface area (Å²) in [6, 6.07) is 25.8. The number of halogens is 1. The first-order valence-corrected chi connectivity index (χ1v) is 11.7. The molecule has 172 valence electrons. The molecule has 0 spiro atoms. The zero-order chi connectivity index (χ0) is 23.0. The topological polar surface area (TPSA) is 44.8 Å². The summed E-state index contributed by atoms with van der Waals surface area (Å²) in [6.07, 6.45) is -0.0764. The molecule has 0 radical (unpaired) electrons. The maximum Gasteiger partial charge on any atom is 0.321 e. The predicted octanol–water partition coefficient (Wildman–Crippen LogP) is 5.76. The molecule has 6 heteroatoms. The van der Waals surface area contributed by atoms with Gasteiger partial charge in [-0.15, -0.1) is 0 Å². The van der Waals surface area contributed by atoms with Gasteiger partial charge in [-0.05, 0) is 42.3 Å². The third-order valence-corrected chi connectivity index (χ3v) is 6.14. The molecule has 1 N–H and O–H groups in total. The Bertz CT molecular complexity index is 1030. The minimum Gasteiger partial charge on any atom is -0.368 e. The lowest BCUT2D eigenvalue weighted by atomic mass is 10.1. The van der Waals surface area contributed by atoms with Crippen molar-refractivity contribution in [1.82, 2.24) is 9.80 Å². The van der Waals surface area contributed by atoms with E-state index < -0.39 is 0 Å². The summed E-state index contributed by atoms with van der Waals surface area (Å²) in [5.74, 6) is 0. The molecule has 4 rings (SSSR count). The van der Waals surface area contributed by atoms with Crippen LogP contribution in [0.5, 0.6) is 0 Å². The number of hydrogen-bond acceptors (Lipinski definition) is 3. The maximum absolute atomic E-state index is 12.6. The van der Waals surface area contributed by atoms with Gasteiger partial charge >= 0.3 is 6.03 Å². The lowest BCUT2D eigenvalue weighted by Gasteiger charge is -2.36. The third kappa shape index (κ3) is 6.81. The van der Waals surface area contributed by atoms with E-state index in [2.05, 4.69) is 41.4 Å². The number of hydrogen-bond donors (Lipinski definition) is 1. The van der Waals surface area contributed by atoms with Crippen LogP contribution >= 0.6 is 11.6 Å². The fourth-order valence-electron chi connectivity index (χ4n) is 4.02. The van der Waals surface area contributed by atoms with Crippen molar-refractivity contribution in [1.29, 1.82) is 0 Å². The fourth-order valence-corrected chi connectivity index (χ4v) is 4.15. The third-order valence-electron chi connectivity index (χ3n) is 5.88. The zero-order valence-electron chi connectivity index (χ0n) is 18.9. The molecule has 1 saturated heterocycles. The highest BCUT2D eigenvalue weighted by atomic mass is 35.5. The van der Waals surface area contributed by atoms with Crippen molar-refractivity contribution in [3.8, 4) is 0 Å². The summed E-state index contributed by atoms with van der Waals surface area (Å²) >= 11 is 6.11. The summed E-state index contributed by atoms with van der Waals surface area (Å²) in [5.41, 5.74) is 4.31. The molecule has 1 atom stereocenters. The number of nitrogens with zero attached hydrogens (tertiary/aromatic N) is 2. The standard InChI is InChI=1S/C27H30ClN3O2/c1-21-6-5-7-22(18-21)20-33-26(23-10-12-24(28)13-11-23)19-30-14-16-31(17-15-30)27(32)29-25-8-3-2-4-9-25/h2-13,18,26H,14-17,19-20H2,1H3,(H,29,32)/t26-/m0/s1. The van der Waals surface area contributed by atoms with Crippen LogP contribution < -0.4 is 5.32 Å². The highest BCUT2D eigenvalue weighted by molar-refractivity contribution is 6.30. The molecule has 3 aromatic carbocycles. The van der Waals surface area contributed by atoms with Gasteiger partial charge in [0, 0.05) is 43.4 Å². The highest BCUT2D eigenvalue weighted by Gasteiger charge is 2.24. The molecule has 0 unspecified atom stereocenters. The Hall–Kier alpha value is -2.86. The van der Waals surface area contributed by atoms with Crippen LogP contribution in [0.4, 0.5) is 10.5 Å². The van der Waals surface area contributed by atoms with Crippen LogP contribution in [-0.4, -0.2) is 48.6 Å². The van der Waals surface area contributed by atoms with Gasteiger partial charge in [-0.25, -0.2) is 4.79 Å². The van der Waals surface area contributed by atoms with Gasteiger partial charge in [-0.1, -0.05) is 71.8 Å². The van der Waals surface area contributed by atoms with Crippen molar-refractivity contribution >= 4 is 23.3 Å². The van der Waals surface area contributed by atoms with E-state index in [-0.39, 0.29) is 12.1 Å². The van der Waals surface area contributed by atoms with Crippen molar-refractivity contribution in [2.45, 2.75) is 19.6 Å². The molecule has 3 aromatic rings. The van der Waals surface area contributed by atoms with E-state index >= 15 is 0 Å². The number of urea groups is 1. The second kappa shape index (κ2) is 11.3. The zero-order valence-corrected chi connectivity index (χ0v) is 19.7. The maximum atomic E-state index is 12.6. The molecule has 2 amide bonds. The Balaban J connectivity index is 1.35. The van der Waals surface area contributed by atoms with Crippen molar-refractivity contribution in [3.05, 3.63) is 101 Å². The predicted molar refractivity (Wildman–Crippen MR) is 134 cm³/mol. The summed E-state index contributed by atoms with van der Waals surface area (Å²) in [4.78, 5) is 16.8. The highest BCUT2D eigenvalue weighted by Crippen LogP contribution is 2.23. The largest absolute Gasteiger partial charge is 0.368 e. The summed E-state index contributed by atoms with van der Waals surface area (Å²) in [6.45, 7) is 6.39. The van der Waals surface area contributed by atoms with Gasteiger partial charge in [0.1, 0.15) is 0 Å². The molecule has 5 nitrogen and oxygen atoms in total. The minimum absolute atomic E-state index is 0.0502. The number of aryl methyl sites for hydroxylation is 1. The molecule has 0 aliphatic carbocycles. The number of nitrogens with one attached hydrogen (secondary N) is 1. The Labute approximate surface area is 200 Å².